The van der Waals surface area contributed by atoms with E-state index in [2.05, 4.69) is 16.7 Å². The Morgan fingerprint density at radius 2 is 1.79 bits per heavy atom. The van der Waals surface area contributed by atoms with Crippen LogP contribution in [-0.4, -0.2) is 35.7 Å². The van der Waals surface area contributed by atoms with Gasteiger partial charge in [0.15, 0.2) is 0 Å². The molecule has 168 valence electrons. The average Bonchev–Trinajstić information content (AvgIpc) is 3.40. The van der Waals surface area contributed by atoms with E-state index in [1.54, 1.807) is 7.11 Å². The van der Waals surface area contributed by atoms with Crippen molar-refractivity contribution in [3.63, 3.8) is 0 Å². The van der Waals surface area contributed by atoms with E-state index in [0.717, 1.165) is 39.6 Å². The second-order valence-electron chi connectivity index (χ2n) is 8.38. The van der Waals surface area contributed by atoms with Gasteiger partial charge >= 0.3 is 0 Å². The number of carbonyl (C=O) groups is 1. The minimum atomic E-state index is 0.0337. The molecule has 2 heterocycles. The lowest BCUT2D eigenvalue weighted by molar-refractivity contribution is -0.117. The number of amides is 1. The summed E-state index contributed by atoms with van der Waals surface area (Å²) in [4.78, 5) is 19.7. The average molecular weight is 442 g/mol. The minimum absolute atomic E-state index is 0.0337. The van der Waals surface area contributed by atoms with Crippen LogP contribution in [0, 0.1) is 6.92 Å². The van der Waals surface area contributed by atoms with E-state index in [-0.39, 0.29) is 11.8 Å². The third kappa shape index (κ3) is 4.29. The summed E-state index contributed by atoms with van der Waals surface area (Å²) in [6.45, 7) is 3.83. The number of benzene rings is 3. The number of aryl methyl sites for hydroxylation is 1. The summed E-state index contributed by atoms with van der Waals surface area (Å²) in [6, 6.07) is 23.8. The lowest BCUT2D eigenvalue weighted by Gasteiger charge is -2.18. The van der Waals surface area contributed by atoms with Crippen LogP contribution in [0.2, 0.25) is 0 Å². The summed E-state index contributed by atoms with van der Waals surface area (Å²) in [5, 5.41) is 0. The smallest absolute Gasteiger partial charge is 0.227 e. The normalized spacial score (nSPS) is 15.9. The molecule has 3 aromatic carbocycles. The molecule has 1 aliphatic rings. The fourth-order valence-electron chi connectivity index (χ4n) is 4.49. The zero-order valence-corrected chi connectivity index (χ0v) is 18.9. The van der Waals surface area contributed by atoms with E-state index in [1.165, 1.54) is 0 Å². The molecule has 6 nitrogen and oxygen atoms in total. The Balaban J connectivity index is 1.38. The van der Waals surface area contributed by atoms with Gasteiger partial charge in [0.2, 0.25) is 5.91 Å². The predicted octanol–water partition coefficient (Wildman–Crippen LogP) is 4.95. The molecule has 0 radical (unpaired) electrons. The second kappa shape index (κ2) is 8.98. The predicted molar refractivity (Wildman–Crippen MR) is 129 cm³/mol. The van der Waals surface area contributed by atoms with Crippen LogP contribution >= 0.6 is 0 Å². The Morgan fingerprint density at radius 3 is 2.58 bits per heavy atom. The van der Waals surface area contributed by atoms with E-state index in [4.69, 9.17) is 14.5 Å². The zero-order chi connectivity index (χ0) is 22.8. The van der Waals surface area contributed by atoms with Crippen molar-refractivity contribution in [1.82, 2.24) is 9.55 Å². The van der Waals surface area contributed by atoms with Crippen molar-refractivity contribution >= 4 is 22.6 Å². The number of methoxy groups -OCH3 is 1. The Kier molecular flexibility index (Phi) is 5.73. The maximum atomic E-state index is 12.9. The molecule has 1 fully saturated rings. The van der Waals surface area contributed by atoms with Gasteiger partial charge in [0.25, 0.3) is 0 Å². The number of anilines is 1. The largest absolute Gasteiger partial charge is 0.497 e. The fourth-order valence-corrected chi connectivity index (χ4v) is 4.49. The molecule has 1 aliphatic heterocycles. The lowest BCUT2D eigenvalue weighted by atomic mass is 10.1. The molecule has 0 bridgehead atoms. The molecule has 1 atom stereocenters. The molecule has 0 aliphatic carbocycles. The van der Waals surface area contributed by atoms with Gasteiger partial charge in [-0.1, -0.05) is 24.3 Å². The first kappa shape index (κ1) is 21.1. The molecular formula is C27H27N3O3. The van der Waals surface area contributed by atoms with Gasteiger partial charge in [-0.05, 0) is 61.0 Å². The highest BCUT2D eigenvalue weighted by atomic mass is 16.5. The van der Waals surface area contributed by atoms with Crippen LogP contribution in [0.3, 0.4) is 0 Å². The monoisotopic (exact) mass is 441 g/mol. The summed E-state index contributed by atoms with van der Waals surface area (Å²) in [6.07, 6.45) is 0.455. The molecule has 0 saturated carbocycles. The van der Waals surface area contributed by atoms with Crippen LogP contribution in [0.5, 0.6) is 11.5 Å². The van der Waals surface area contributed by atoms with Crippen LogP contribution in [-0.2, 0) is 11.3 Å². The van der Waals surface area contributed by atoms with Gasteiger partial charge in [0, 0.05) is 24.6 Å². The number of hydrogen-bond acceptors (Lipinski definition) is 4. The zero-order valence-electron chi connectivity index (χ0n) is 18.9. The summed E-state index contributed by atoms with van der Waals surface area (Å²) >= 11 is 0. The number of aromatic nitrogens is 2. The van der Waals surface area contributed by atoms with Crippen LogP contribution in [0.15, 0.2) is 72.8 Å². The van der Waals surface area contributed by atoms with E-state index in [0.29, 0.717) is 26.1 Å². The van der Waals surface area contributed by atoms with Gasteiger partial charge in [0.05, 0.1) is 24.7 Å². The van der Waals surface area contributed by atoms with Gasteiger partial charge in [-0.25, -0.2) is 4.98 Å². The molecule has 0 unspecified atom stereocenters. The molecule has 0 spiro atoms. The number of nitrogens with zero attached hydrogens (tertiary/aromatic N) is 3. The van der Waals surface area contributed by atoms with Crippen LogP contribution in [0.25, 0.3) is 11.0 Å². The highest BCUT2D eigenvalue weighted by Crippen LogP contribution is 2.33. The fraction of sp³-hybridized carbons (Fsp3) is 0.259. The summed E-state index contributed by atoms with van der Waals surface area (Å²) in [5.41, 5.74) is 4.10. The highest BCUT2D eigenvalue weighted by molar-refractivity contribution is 5.96. The number of ether oxygens (including phenoxy) is 2. The number of hydrogen-bond donors (Lipinski definition) is 0. The van der Waals surface area contributed by atoms with Crippen molar-refractivity contribution in [1.29, 1.82) is 0 Å². The van der Waals surface area contributed by atoms with Crippen molar-refractivity contribution < 1.29 is 14.3 Å². The SMILES string of the molecule is COc1ccc(OCCn2c([C@H]3CC(=O)N(c4cccc(C)c4)C3)nc3ccccc32)cc1. The van der Waals surface area contributed by atoms with Crippen molar-refractivity contribution in [3.8, 4) is 11.5 Å². The summed E-state index contributed by atoms with van der Waals surface area (Å²) in [7, 11) is 1.65. The quantitative estimate of drug-likeness (QED) is 0.407. The second-order valence-corrected chi connectivity index (χ2v) is 8.38. The van der Waals surface area contributed by atoms with E-state index >= 15 is 0 Å². The van der Waals surface area contributed by atoms with Crippen LogP contribution in [0.4, 0.5) is 5.69 Å². The molecule has 4 aromatic rings. The van der Waals surface area contributed by atoms with Gasteiger partial charge in [0.1, 0.15) is 23.9 Å². The topological polar surface area (TPSA) is 56.6 Å². The van der Waals surface area contributed by atoms with Gasteiger partial charge in [-0.2, -0.15) is 0 Å². The maximum absolute atomic E-state index is 12.9. The third-order valence-corrected chi connectivity index (χ3v) is 6.13. The summed E-state index contributed by atoms with van der Waals surface area (Å²) in [5.74, 6) is 2.71. The standard InChI is InChI=1S/C27H27N3O3/c1-19-6-5-7-21(16-19)30-18-20(17-26(30)31)27-28-24-8-3-4-9-25(24)29(27)14-15-33-23-12-10-22(32-2)11-13-23/h3-13,16,20H,14-15,17-18H2,1-2H3/t20-/m0/s1. The Morgan fingerprint density at radius 1 is 1.00 bits per heavy atom. The molecule has 5 rings (SSSR count). The van der Waals surface area contributed by atoms with Crippen molar-refractivity contribution in [3.05, 3.63) is 84.2 Å². The van der Waals surface area contributed by atoms with E-state index < -0.39 is 0 Å². The number of carbonyl (C=O) groups excluding carboxylic acids is 1. The van der Waals surface area contributed by atoms with Crippen molar-refractivity contribution in [2.45, 2.75) is 25.8 Å². The number of para-hydroxylation sites is 2. The summed E-state index contributed by atoms with van der Waals surface area (Å²) < 4.78 is 13.4. The van der Waals surface area contributed by atoms with Gasteiger partial charge in [-0.15, -0.1) is 0 Å². The number of fused-ring (bicyclic) bond motifs is 1. The van der Waals surface area contributed by atoms with Crippen molar-refractivity contribution in [2.24, 2.45) is 0 Å². The molecule has 1 saturated heterocycles. The van der Waals surface area contributed by atoms with Gasteiger partial charge in [-0.3, -0.25) is 4.79 Å². The Hall–Kier alpha value is -3.80. The van der Waals surface area contributed by atoms with Gasteiger partial charge < -0.3 is 18.9 Å². The maximum Gasteiger partial charge on any atom is 0.227 e. The molecule has 0 N–H and O–H groups in total. The third-order valence-electron chi connectivity index (χ3n) is 6.13. The van der Waals surface area contributed by atoms with Crippen molar-refractivity contribution in [2.75, 3.05) is 25.2 Å². The van der Waals surface area contributed by atoms with Crippen LogP contribution < -0.4 is 14.4 Å². The Bertz CT molecular complexity index is 1280. The van der Waals surface area contributed by atoms with Crippen LogP contribution in [0.1, 0.15) is 23.7 Å². The molecule has 33 heavy (non-hydrogen) atoms. The highest BCUT2D eigenvalue weighted by Gasteiger charge is 2.34. The first-order valence-corrected chi connectivity index (χ1v) is 11.2. The number of imidazole rings is 1. The minimum Gasteiger partial charge on any atom is -0.497 e. The lowest BCUT2D eigenvalue weighted by Crippen LogP contribution is -2.24. The molecule has 1 amide bonds. The number of rotatable bonds is 7. The Labute approximate surface area is 193 Å². The molecule has 1 aromatic heterocycles. The molecule has 6 heteroatoms. The molecular weight excluding hydrogens is 414 g/mol. The van der Waals surface area contributed by atoms with E-state index in [9.17, 15) is 4.79 Å². The first-order chi connectivity index (χ1) is 16.1. The van der Waals surface area contributed by atoms with E-state index in [1.807, 2.05) is 72.5 Å². The first-order valence-electron chi connectivity index (χ1n) is 11.2.